The first-order valence-electron chi connectivity index (χ1n) is 4.42. The fraction of sp³-hybridized carbons (Fsp3) is 0.400. The van der Waals surface area contributed by atoms with E-state index >= 15 is 0 Å². The summed E-state index contributed by atoms with van der Waals surface area (Å²) in [7, 11) is 0. The molecule has 1 unspecified atom stereocenters. The molecule has 13 heavy (non-hydrogen) atoms. The van der Waals surface area contributed by atoms with Gasteiger partial charge < -0.3 is 11.1 Å². The molecule has 0 heterocycles. The molecule has 0 bridgehead atoms. The fourth-order valence-electron chi connectivity index (χ4n) is 0.974. The van der Waals surface area contributed by atoms with Crippen molar-refractivity contribution < 1.29 is 0 Å². The maximum absolute atomic E-state index is 5.83. The van der Waals surface area contributed by atoms with Crippen molar-refractivity contribution in [2.75, 3.05) is 18.4 Å². The topological polar surface area (TPSA) is 38.0 Å². The lowest BCUT2D eigenvalue weighted by atomic mass is 10.2. The largest absolute Gasteiger partial charge is 0.385 e. The Bertz CT molecular complexity index is 263. The zero-order valence-electron chi connectivity index (χ0n) is 7.76. The summed E-state index contributed by atoms with van der Waals surface area (Å²) in [6.07, 6.45) is 0. The number of rotatable bonds is 4. The van der Waals surface area contributed by atoms with E-state index < -0.39 is 0 Å². The van der Waals surface area contributed by atoms with Crippen molar-refractivity contribution in [1.82, 2.24) is 0 Å². The zero-order valence-corrected chi connectivity index (χ0v) is 8.51. The molecule has 0 saturated carbocycles. The first kappa shape index (κ1) is 10.4. The van der Waals surface area contributed by atoms with Gasteiger partial charge in [0.05, 0.1) is 0 Å². The molecule has 72 valence electrons. The summed E-state index contributed by atoms with van der Waals surface area (Å²) < 4.78 is 0. The SMILES string of the molecule is CC(CN)CNc1cccc(Cl)c1. The second-order valence-electron chi connectivity index (χ2n) is 3.23. The van der Waals surface area contributed by atoms with Gasteiger partial charge in [0.25, 0.3) is 0 Å². The lowest BCUT2D eigenvalue weighted by molar-refractivity contribution is 0.628. The second kappa shape index (κ2) is 5.10. The van der Waals surface area contributed by atoms with Crippen LogP contribution >= 0.6 is 11.6 Å². The molecule has 3 N–H and O–H groups in total. The molecule has 0 aliphatic heterocycles. The van der Waals surface area contributed by atoms with Crippen LogP contribution in [0.3, 0.4) is 0 Å². The highest BCUT2D eigenvalue weighted by molar-refractivity contribution is 6.30. The van der Waals surface area contributed by atoms with Crippen LogP contribution in [0.4, 0.5) is 5.69 Å². The van der Waals surface area contributed by atoms with Crippen molar-refractivity contribution in [3.05, 3.63) is 29.3 Å². The first-order valence-corrected chi connectivity index (χ1v) is 4.79. The van der Waals surface area contributed by atoms with Crippen LogP contribution < -0.4 is 11.1 Å². The summed E-state index contributed by atoms with van der Waals surface area (Å²) in [6, 6.07) is 7.69. The van der Waals surface area contributed by atoms with Crippen molar-refractivity contribution in [3.8, 4) is 0 Å². The quantitative estimate of drug-likeness (QED) is 0.780. The molecule has 0 aliphatic carbocycles. The summed E-state index contributed by atoms with van der Waals surface area (Å²) in [5.41, 5.74) is 6.55. The van der Waals surface area contributed by atoms with Gasteiger partial charge in [-0.1, -0.05) is 24.6 Å². The highest BCUT2D eigenvalue weighted by atomic mass is 35.5. The number of hydrogen-bond acceptors (Lipinski definition) is 2. The number of nitrogens with one attached hydrogen (secondary N) is 1. The van der Waals surface area contributed by atoms with Gasteiger partial charge >= 0.3 is 0 Å². The van der Waals surface area contributed by atoms with E-state index in [4.69, 9.17) is 17.3 Å². The third-order valence-electron chi connectivity index (χ3n) is 1.88. The minimum Gasteiger partial charge on any atom is -0.385 e. The second-order valence-corrected chi connectivity index (χ2v) is 3.67. The summed E-state index contributed by atoms with van der Waals surface area (Å²) in [4.78, 5) is 0. The minimum atomic E-state index is 0.485. The number of halogens is 1. The number of benzene rings is 1. The van der Waals surface area contributed by atoms with Gasteiger partial charge in [-0.25, -0.2) is 0 Å². The van der Waals surface area contributed by atoms with Gasteiger partial charge in [0.15, 0.2) is 0 Å². The fourth-order valence-corrected chi connectivity index (χ4v) is 1.16. The highest BCUT2D eigenvalue weighted by Gasteiger charge is 1.98. The van der Waals surface area contributed by atoms with Crippen LogP contribution in [0.5, 0.6) is 0 Å². The Labute approximate surface area is 84.1 Å². The van der Waals surface area contributed by atoms with Crippen molar-refractivity contribution >= 4 is 17.3 Å². The molecule has 2 nitrogen and oxygen atoms in total. The maximum Gasteiger partial charge on any atom is 0.0426 e. The van der Waals surface area contributed by atoms with Crippen molar-refractivity contribution in [3.63, 3.8) is 0 Å². The van der Waals surface area contributed by atoms with Crippen LogP contribution in [0.1, 0.15) is 6.92 Å². The molecule has 1 aromatic carbocycles. The first-order chi connectivity index (χ1) is 6.22. The van der Waals surface area contributed by atoms with E-state index in [0.29, 0.717) is 12.5 Å². The summed E-state index contributed by atoms with van der Waals surface area (Å²) >= 11 is 5.83. The van der Waals surface area contributed by atoms with Crippen molar-refractivity contribution in [1.29, 1.82) is 0 Å². The van der Waals surface area contributed by atoms with E-state index in [1.54, 1.807) is 0 Å². The van der Waals surface area contributed by atoms with Crippen LogP contribution in [0.15, 0.2) is 24.3 Å². The molecule has 1 aromatic rings. The predicted molar refractivity (Wildman–Crippen MR) is 58.2 cm³/mol. The van der Waals surface area contributed by atoms with Crippen LogP contribution in [0.2, 0.25) is 5.02 Å². The van der Waals surface area contributed by atoms with Gasteiger partial charge in [-0.3, -0.25) is 0 Å². The van der Waals surface area contributed by atoms with E-state index in [0.717, 1.165) is 17.3 Å². The smallest absolute Gasteiger partial charge is 0.0426 e. The molecule has 0 spiro atoms. The number of nitrogens with two attached hydrogens (primary N) is 1. The van der Waals surface area contributed by atoms with Crippen LogP contribution in [0.25, 0.3) is 0 Å². The normalized spacial score (nSPS) is 12.5. The third kappa shape index (κ3) is 3.66. The van der Waals surface area contributed by atoms with E-state index in [9.17, 15) is 0 Å². The Balaban J connectivity index is 2.45. The van der Waals surface area contributed by atoms with Gasteiger partial charge in [-0.05, 0) is 30.7 Å². The number of hydrogen-bond donors (Lipinski definition) is 2. The van der Waals surface area contributed by atoms with Crippen LogP contribution in [-0.2, 0) is 0 Å². The molecule has 1 atom stereocenters. The summed E-state index contributed by atoms with van der Waals surface area (Å²) in [5.74, 6) is 0.485. The highest BCUT2D eigenvalue weighted by Crippen LogP contribution is 2.14. The minimum absolute atomic E-state index is 0.485. The lowest BCUT2D eigenvalue weighted by Crippen LogP contribution is -2.19. The van der Waals surface area contributed by atoms with E-state index in [1.165, 1.54) is 0 Å². The van der Waals surface area contributed by atoms with Crippen LogP contribution in [0, 0.1) is 5.92 Å². The standard InChI is InChI=1S/C10H15ClN2/c1-8(6-12)7-13-10-4-2-3-9(11)5-10/h2-5,8,13H,6-7,12H2,1H3. The summed E-state index contributed by atoms with van der Waals surface area (Å²) in [5, 5.41) is 4.03. The van der Waals surface area contributed by atoms with Crippen molar-refractivity contribution in [2.24, 2.45) is 11.7 Å². The average molecular weight is 199 g/mol. The molecule has 0 saturated heterocycles. The Kier molecular flexibility index (Phi) is 4.06. The van der Waals surface area contributed by atoms with Gasteiger partial charge in [0.1, 0.15) is 0 Å². The van der Waals surface area contributed by atoms with E-state index in [1.807, 2.05) is 24.3 Å². The van der Waals surface area contributed by atoms with Crippen molar-refractivity contribution in [2.45, 2.75) is 6.92 Å². The Morgan fingerprint density at radius 2 is 2.31 bits per heavy atom. The summed E-state index contributed by atoms with van der Waals surface area (Å²) in [6.45, 7) is 3.70. The van der Waals surface area contributed by atoms with Gasteiger partial charge in [0.2, 0.25) is 0 Å². The Hall–Kier alpha value is -0.730. The molecule has 1 rings (SSSR count). The van der Waals surface area contributed by atoms with E-state index in [2.05, 4.69) is 12.2 Å². The van der Waals surface area contributed by atoms with Gasteiger partial charge in [0, 0.05) is 17.3 Å². The molecule has 0 radical (unpaired) electrons. The molecule has 0 amide bonds. The third-order valence-corrected chi connectivity index (χ3v) is 2.12. The lowest BCUT2D eigenvalue weighted by Gasteiger charge is -2.11. The average Bonchev–Trinajstić information content (AvgIpc) is 2.14. The Morgan fingerprint density at radius 1 is 1.54 bits per heavy atom. The molecular formula is C10H15ClN2. The molecule has 0 aromatic heterocycles. The van der Waals surface area contributed by atoms with Gasteiger partial charge in [-0.2, -0.15) is 0 Å². The number of anilines is 1. The maximum atomic E-state index is 5.83. The zero-order chi connectivity index (χ0) is 9.68. The predicted octanol–water partition coefficient (Wildman–Crippen LogP) is 2.35. The molecule has 0 aliphatic rings. The van der Waals surface area contributed by atoms with E-state index in [-0.39, 0.29) is 0 Å². The Morgan fingerprint density at radius 3 is 2.92 bits per heavy atom. The molecular weight excluding hydrogens is 184 g/mol. The monoisotopic (exact) mass is 198 g/mol. The molecule has 3 heteroatoms. The van der Waals surface area contributed by atoms with Crippen LogP contribution in [-0.4, -0.2) is 13.1 Å². The van der Waals surface area contributed by atoms with Gasteiger partial charge in [-0.15, -0.1) is 0 Å². The molecule has 0 fully saturated rings.